The molecule has 4 aromatic rings. The van der Waals surface area contributed by atoms with Gasteiger partial charge in [0.05, 0.1) is 6.20 Å². The van der Waals surface area contributed by atoms with Crippen LogP contribution in [0.5, 0.6) is 5.75 Å². The van der Waals surface area contributed by atoms with Crippen LogP contribution in [0.15, 0.2) is 61.1 Å². The van der Waals surface area contributed by atoms with Crippen molar-refractivity contribution in [1.82, 2.24) is 24.4 Å². The molecule has 0 saturated carbocycles. The molecule has 2 saturated heterocycles. The monoisotopic (exact) mass is 495 g/mol. The van der Waals surface area contributed by atoms with Gasteiger partial charge >= 0.3 is 0 Å². The van der Waals surface area contributed by atoms with E-state index < -0.39 is 0 Å². The van der Waals surface area contributed by atoms with Gasteiger partial charge in [-0.3, -0.25) is 9.80 Å². The predicted octanol–water partition coefficient (Wildman–Crippen LogP) is 5.83. The van der Waals surface area contributed by atoms with Gasteiger partial charge in [-0.15, -0.1) is 0 Å². The number of ether oxygens (including phenoxy) is 1. The van der Waals surface area contributed by atoms with Crippen LogP contribution in [0.3, 0.4) is 0 Å². The molecule has 2 fully saturated rings. The van der Waals surface area contributed by atoms with E-state index in [1.165, 1.54) is 75.0 Å². The number of likely N-dealkylation sites (tertiary alicyclic amines) is 2. The van der Waals surface area contributed by atoms with Crippen LogP contribution in [-0.4, -0.2) is 63.7 Å². The van der Waals surface area contributed by atoms with E-state index in [0.717, 1.165) is 47.8 Å². The van der Waals surface area contributed by atoms with E-state index in [1.54, 1.807) is 0 Å². The molecule has 37 heavy (non-hydrogen) atoms. The summed E-state index contributed by atoms with van der Waals surface area (Å²) in [6, 6.07) is 15.1. The highest BCUT2D eigenvalue weighted by molar-refractivity contribution is 5.78. The largest absolute Gasteiger partial charge is 0.492 e. The van der Waals surface area contributed by atoms with Crippen molar-refractivity contribution in [2.24, 2.45) is 0 Å². The molecule has 2 aliphatic rings. The van der Waals surface area contributed by atoms with Crippen molar-refractivity contribution in [1.29, 1.82) is 0 Å². The molecule has 6 rings (SSSR count). The number of aromatic nitrogens is 3. The fourth-order valence-corrected chi connectivity index (χ4v) is 5.64. The van der Waals surface area contributed by atoms with Crippen LogP contribution >= 0.6 is 0 Å². The van der Waals surface area contributed by atoms with E-state index in [0.29, 0.717) is 0 Å². The summed E-state index contributed by atoms with van der Waals surface area (Å²) < 4.78 is 7.90. The minimum Gasteiger partial charge on any atom is -0.492 e. The lowest BCUT2D eigenvalue weighted by Crippen LogP contribution is -2.33. The van der Waals surface area contributed by atoms with Gasteiger partial charge in [-0.05, 0) is 99.2 Å². The predicted molar refractivity (Wildman–Crippen MR) is 149 cm³/mol. The number of piperidine rings is 1. The zero-order valence-electron chi connectivity index (χ0n) is 21.9. The Bertz CT molecular complexity index is 1330. The van der Waals surface area contributed by atoms with Gasteiger partial charge in [0.2, 0.25) is 0 Å². The summed E-state index contributed by atoms with van der Waals surface area (Å²) in [6.07, 6.45) is 12.6. The Labute approximate surface area is 219 Å². The zero-order valence-corrected chi connectivity index (χ0v) is 21.9. The summed E-state index contributed by atoms with van der Waals surface area (Å²) in [5.74, 6) is 0.917. The van der Waals surface area contributed by atoms with Gasteiger partial charge in [-0.25, -0.2) is 9.50 Å². The van der Waals surface area contributed by atoms with E-state index in [2.05, 4.69) is 70.5 Å². The van der Waals surface area contributed by atoms with Crippen LogP contribution in [-0.2, 0) is 6.54 Å². The SMILES string of the molecule is Cc1ccc(-c2cnn3cc(-c4ccc(OCCN5CCCCC5)cc4)cnc23)cc1CN1CCCC1. The number of hydrogen-bond acceptors (Lipinski definition) is 5. The van der Waals surface area contributed by atoms with Gasteiger partial charge in [-0.2, -0.15) is 5.10 Å². The first-order chi connectivity index (χ1) is 18.2. The molecule has 192 valence electrons. The summed E-state index contributed by atoms with van der Waals surface area (Å²) in [5.41, 5.74) is 8.04. The smallest absolute Gasteiger partial charge is 0.162 e. The second kappa shape index (κ2) is 11.0. The number of benzene rings is 2. The maximum atomic E-state index is 6.00. The molecule has 2 aliphatic heterocycles. The number of fused-ring (bicyclic) bond motifs is 1. The lowest BCUT2D eigenvalue weighted by atomic mass is 10.0. The zero-order chi connectivity index (χ0) is 25.0. The Morgan fingerprint density at radius 2 is 1.51 bits per heavy atom. The van der Waals surface area contributed by atoms with E-state index in [4.69, 9.17) is 9.72 Å². The van der Waals surface area contributed by atoms with Gasteiger partial charge in [0.1, 0.15) is 12.4 Å². The highest BCUT2D eigenvalue weighted by atomic mass is 16.5. The molecule has 0 unspecified atom stereocenters. The van der Waals surface area contributed by atoms with Crippen LogP contribution in [0, 0.1) is 6.92 Å². The lowest BCUT2D eigenvalue weighted by Gasteiger charge is -2.26. The Balaban J connectivity index is 1.15. The maximum Gasteiger partial charge on any atom is 0.162 e. The van der Waals surface area contributed by atoms with Crippen molar-refractivity contribution in [3.05, 3.63) is 72.2 Å². The van der Waals surface area contributed by atoms with Crippen LogP contribution in [0.25, 0.3) is 27.9 Å². The summed E-state index contributed by atoms with van der Waals surface area (Å²) in [6.45, 7) is 9.79. The highest BCUT2D eigenvalue weighted by Gasteiger charge is 2.15. The van der Waals surface area contributed by atoms with Crippen molar-refractivity contribution >= 4 is 5.65 Å². The number of hydrogen-bond donors (Lipinski definition) is 0. The van der Waals surface area contributed by atoms with E-state index >= 15 is 0 Å². The maximum absolute atomic E-state index is 6.00. The van der Waals surface area contributed by atoms with E-state index in [-0.39, 0.29) is 0 Å². The van der Waals surface area contributed by atoms with Gasteiger partial charge in [-0.1, -0.05) is 30.7 Å². The molecule has 0 atom stereocenters. The topological polar surface area (TPSA) is 45.9 Å². The number of rotatable bonds is 8. The van der Waals surface area contributed by atoms with Crippen LogP contribution in [0.2, 0.25) is 0 Å². The average Bonchev–Trinajstić information content (AvgIpc) is 3.61. The molecule has 2 aromatic heterocycles. The third-order valence-corrected chi connectivity index (χ3v) is 7.92. The number of nitrogens with zero attached hydrogens (tertiary/aromatic N) is 5. The molecule has 0 radical (unpaired) electrons. The molecule has 2 aromatic carbocycles. The van der Waals surface area contributed by atoms with Gasteiger partial charge in [0, 0.05) is 36.6 Å². The average molecular weight is 496 g/mol. The van der Waals surface area contributed by atoms with Crippen molar-refractivity contribution in [3.63, 3.8) is 0 Å². The quantitative estimate of drug-likeness (QED) is 0.308. The summed E-state index contributed by atoms with van der Waals surface area (Å²) in [7, 11) is 0. The Morgan fingerprint density at radius 3 is 2.32 bits per heavy atom. The summed E-state index contributed by atoms with van der Waals surface area (Å²) in [5, 5.41) is 4.65. The van der Waals surface area contributed by atoms with Gasteiger partial charge in [0.25, 0.3) is 0 Å². The van der Waals surface area contributed by atoms with Crippen LogP contribution in [0.4, 0.5) is 0 Å². The Kier molecular flexibility index (Phi) is 7.20. The molecule has 0 amide bonds. The van der Waals surface area contributed by atoms with Crippen molar-refractivity contribution < 1.29 is 4.74 Å². The Morgan fingerprint density at radius 1 is 0.784 bits per heavy atom. The minimum absolute atomic E-state index is 0.738. The van der Waals surface area contributed by atoms with Crippen molar-refractivity contribution in [2.45, 2.75) is 45.6 Å². The third kappa shape index (κ3) is 5.55. The first-order valence-corrected chi connectivity index (χ1v) is 13.8. The third-order valence-electron chi connectivity index (χ3n) is 7.92. The highest BCUT2D eigenvalue weighted by Crippen LogP contribution is 2.29. The molecular weight excluding hydrogens is 458 g/mol. The first kappa shape index (κ1) is 24.1. The molecule has 0 spiro atoms. The second-order valence-corrected chi connectivity index (χ2v) is 10.6. The van der Waals surface area contributed by atoms with Gasteiger partial charge < -0.3 is 4.74 Å². The summed E-state index contributed by atoms with van der Waals surface area (Å²) in [4.78, 5) is 9.88. The molecule has 6 nitrogen and oxygen atoms in total. The first-order valence-electron chi connectivity index (χ1n) is 13.8. The minimum atomic E-state index is 0.738. The lowest BCUT2D eigenvalue weighted by molar-refractivity contribution is 0.183. The Hall–Kier alpha value is -3.22. The van der Waals surface area contributed by atoms with E-state index in [1.807, 2.05) is 16.9 Å². The van der Waals surface area contributed by atoms with Gasteiger partial charge in [0.15, 0.2) is 5.65 Å². The molecule has 0 bridgehead atoms. The van der Waals surface area contributed by atoms with Crippen LogP contribution < -0.4 is 4.74 Å². The molecule has 6 heteroatoms. The molecule has 4 heterocycles. The fraction of sp³-hybridized carbons (Fsp3) is 0.419. The fourth-order valence-electron chi connectivity index (χ4n) is 5.64. The number of aryl methyl sites for hydroxylation is 1. The summed E-state index contributed by atoms with van der Waals surface area (Å²) >= 11 is 0. The molecule has 0 aliphatic carbocycles. The second-order valence-electron chi connectivity index (χ2n) is 10.6. The van der Waals surface area contributed by atoms with Crippen molar-refractivity contribution in [2.75, 3.05) is 39.3 Å². The standard InChI is InChI=1S/C31H37N5O/c1-24-7-8-26(19-27(24)22-35-15-5-6-16-35)30-21-33-36-23-28(20-32-31(30)36)25-9-11-29(12-10-25)37-18-17-34-13-3-2-4-14-34/h7-12,19-21,23H,2-6,13-18,22H2,1H3. The van der Waals surface area contributed by atoms with E-state index in [9.17, 15) is 0 Å². The van der Waals surface area contributed by atoms with Crippen molar-refractivity contribution in [3.8, 4) is 28.0 Å². The molecule has 0 N–H and O–H groups in total. The molecular formula is C31H37N5O. The van der Waals surface area contributed by atoms with Crippen LogP contribution in [0.1, 0.15) is 43.2 Å². The normalized spacial score (nSPS) is 17.0.